The third kappa shape index (κ3) is 3.75. The largest absolute Gasteiger partial charge is 0.314 e. The van der Waals surface area contributed by atoms with Gasteiger partial charge >= 0.3 is 0 Å². The maximum Gasteiger partial charge on any atom is 0.283 e. The number of carbonyl (C=O) groups is 1. The Morgan fingerprint density at radius 3 is 2.69 bits per heavy atom. The van der Waals surface area contributed by atoms with Crippen molar-refractivity contribution in [2.45, 2.75) is 13.1 Å². The zero-order valence-electron chi connectivity index (χ0n) is 15.6. The van der Waals surface area contributed by atoms with Crippen LogP contribution in [0.4, 0.5) is 10.1 Å². The van der Waals surface area contributed by atoms with Crippen molar-refractivity contribution in [2.24, 2.45) is 0 Å². The number of hydrogen-bond donors (Lipinski definition) is 0. The number of aromatic nitrogens is 5. The summed E-state index contributed by atoms with van der Waals surface area (Å²) < 4.78 is 16.0. The second-order valence-corrected chi connectivity index (χ2v) is 6.52. The van der Waals surface area contributed by atoms with Crippen LogP contribution >= 0.6 is 0 Å². The highest BCUT2D eigenvalue weighted by molar-refractivity contribution is 5.92. The molecule has 0 N–H and O–H groups in total. The van der Waals surface area contributed by atoms with Gasteiger partial charge in [0.05, 0.1) is 6.54 Å². The summed E-state index contributed by atoms with van der Waals surface area (Å²) in [6.45, 7) is 0.0459. The molecular weight excluding hydrogens is 375 g/mol. The molecule has 0 spiro atoms. The summed E-state index contributed by atoms with van der Waals surface area (Å²) in [4.78, 5) is 31.0. The van der Waals surface area contributed by atoms with Gasteiger partial charge in [0.2, 0.25) is 5.91 Å². The average Bonchev–Trinajstić information content (AvgIpc) is 3.13. The molecule has 4 rings (SSSR count). The smallest absolute Gasteiger partial charge is 0.283 e. The van der Waals surface area contributed by atoms with Gasteiger partial charge in [0.15, 0.2) is 11.2 Å². The first-order valence-corrected chi connectivity index (χ1v) is 8.87. The van der Waals surface area contributed by atoms with Crippen molar-refractivity contribution in [3.8, 4) is 0 Å². The molecule has 9 heteroatoms. The van der Waals surface area contributed by atoms with Crippen molar-refractivity contribution in [1.82, 2.24) is 24.5 Å². The lowest BCUT2D eigenvalue weighted by Crippen LogP contribution is -2.34. The SMILES string of the molecule is CN(C(=O)Cn1cnc2c(nnn2Cc2cccc(F)c2)c1=O)c1ccccc1. The summed E-state index contributed by atoms with van der Waals surface area (Å²) in [5, 5.41) is 7.86. The summed E-state index contributed by atoms with van der Waals surface area (Å²) in [5.74, 6) is -0.630. The van der Waals surface area contributed by atoms with Gasteiger partial charge in [-0.1, -0.05) is 35.5 Å². The molecule has 0 aliphatic rings. The van der Waals surface area contributed by atoms with Crippen LogP contribution in [0, 0.1) is 5.82 Å². The van der Waals surface area contributed by atoms with Crippen LogP contribution in [-0.4, -0.2) is 37.5 Å². The van der Waals surface area contributed by atoms with Crippen molar-refractivity contribution in [2.75, 3.05) is 11.9 Å². The number of benzene rings is 2. The Bertz CT molecular complexity index is 1230. The fourth-order valence-corrected chi connectivity index (χ4v) is 2.96. The molecule has 2 aromatic heterocycles. The Morgan fingerprint density at radius 2 is 1.93 bits per heavy atom. The van der Waals surface area contributed by atoms with Crippen LogP contribution in [-0.2, 0) is 17.9 Å². The third-order valence-corrected chi connectivity index (χ3v) is 4.54. The second-order valence-electron chi connectivity index (χ2n) is 6.52. The summed E-state index contributed by atoms with van der Waals surface area (Å²) in [7, 11) is 1.64. The number of carbonyl (C=O) groups excluding carboxylic acids is 1. The number of hydrogen-bond acceptors (Lipinski definition) is 5. The topological polar surface area (TPSA) is 85.9 Å². The number of anilines is 1. The van der Waals surface area contributed by atoms with E-state index in [2.05, 4.69) is 15.3 Å². The Hall–Kier alpha value is -3.88. The molecule has 29 heavy (non-hydrogen) atoms. The molecular formula is C20H17FN6O2. The lowest BCUT2D eigenvalue weighted by atomic mass is 10.2. The summed E-state index contributed by atoms with van der Waals surface area (Å²) in [6.07, 6.45) is 1.30. The number of nitrogens with zero attached hydrogens (tertiary/aromatic N) is 6. The van der Waals surface area contributed by atoms with E-state index in [0.29, 0.717) is 5.56 Å². The number of amides is 1. The van der Waals surface area contributed by atoms with Crippen LogP contribution in [0.3, 0.4) is 0 Å². The highest BCUT2D eigenvalue weighted by atomic mass is 19.1. The summed E-state index contributed by atoms with van der Waals surface area (Å²) >= 11 is 0. The molecule has 0 aliphatic carbocycles. The zero-order valence-corrected chi connectivity index (χ0v) is 15.6. The molecule has 4 aromatic rings. The van der Waals surface area contributed by atoms with E-state index in [1.54, 1.807) is 31.3 Å². The summed E-state index contributed by atoms with van der Waals surface area (Å²) in [5.41, 5.74) is 1.26. The fraction of sp³-hybridized carbons (Fsp3) is 0.150. The van der Waals surface area contributed by atoms with Gasteiger partial charge in [-0.15, -0.1) is 5.10 Å². The number of rotatable bonds is 5. The lowest BCUT2D eigenvalue weighted by Gasteiger charge is -2.17. The lowest BCUT2D eigenvalue weighted by molar-refractivity contribution is -0.118. The molecule has 0 unspecified atom stereocenters. The molecule has 146 valence electrons. The molecule has 0 fully saturated rings. The third-order valence-electron chi connectivity index (χ3n) is 4.54. The Labute approximate surface area is 164 Å². The Morgan fingerprint density at radius 1 is 1.14 bits per heavy atom. The molecule has 0 atom stereocenters. The minimum atomic E-state index is -0.463. The Balaban J connectivity index is 1.59. The van der Waals surface area contributed by atoms with Crippen LogP contribution in [0.2, 0.25) is 0 Å². The minimum Gasteiger partial charge on any atom is -0.314 e. The van der Waals surface area contributed by atoms with E-state index in [-0.39, 0.29) is 36.0 Å². The molecule has 2 heterocycles. The average molecular weight is 392 g/mol. The molecule has 2 aromatic carbocycles. The molecule has 1 amide bonds. The van der Waals surface area contributed by atoms with Crippen molar-refractivity contribution in [3.63, 3.8) is 0 Å². The van der Waals surface area contributed by atoms with Crippen molar-refractivity contribution >= 4 is 22.8 Å². The standard InChI is InChI=1S/C20H17FN6O2/c1-25(16-8-3-2-4-9-16)17(28)12-26-13-22-19-18(20(26)29)23-24-27(19)11-14-6-5-7-15(21)10-14/h2-10,13H,11-12H2,1H3. The van der Waals surface area contributed by atoms with Gasteiger partial charge in [0, 0.05) is 12.7 Å². The molecule has 0 bridgehead atoms. The first kappa shape index (κ1) is 18.5. The molecule has 0 aliphatic heterocycles. The summed E-state index contributed by atoms with van der Waals surface area (Å²) in [6, 6.07) is 15.2. The van der Waals surface area contributed by atoms with Crippen LogP contribution in [0.1, 0.15) is 5.56 Å². The van der Waals surface area contributed by atoms with Gasteiger partial charge in [-0.3, -0.25) is 14.2 Å². The number of likely N-dealkylation sites (N-methyl/N-ethyl adjacent to an activating group) is 1. The fourth-order valence-electron chi connectivity index (χ4n) is 2.96. The first-order valence-electron chi connectivity index (χ1n) is 8.87. The highest BCUT2D eigenvalue weighted by Crippen LogP contribution is 2.12. The first-order chi connectivity index (χ1) is 14.0. The normalized spacial score (nSPS) is 11.0. The highest BCUT2D eigenvalue weighted by Gasteiger charge is 2.16. The van der Waals surface area contributed by atoms with Crippen molar-refractivity contribution in [3.05, 3.63) is 82.7 Å². The van der Waals surface area contributed by atoms with Crippen LogP contribution in [0.5, 0.6) is 0 Å². The predicted octanol–water partition coefficient (Wildman–Crippen LogP) is 1.84. The molecule has 8 nitrogen and oxygen atoms in total. The molecule has 0 saturated heterocycles. The van der Waals surface area contributed by atoms with Crippen LogP contribution in [0.25, 0.3) is 11.2 Å². The van der Waals surface area contributed by atoms with Gasteiger partial charge in [-0.05, 0) is 29.8 Å². The van der Waals surface area contributed by atoms with Crippen LogP contribution in [0.15, 0.2) is 65.7 Å². The maximum absolute atomic E-state index is 13.4. The van der Waals surface area contributed by atoms with E-state index in [9.17, 15) is 14.0 Å². The second kappa shape index (κ2) is 7.63. The maximum atomic E-state index is 13.4. The van der Waals surface area contributed by atoms with E-state index >= 15 is 0 Å². The van der Waals surface area contributed by atoms with Gasteiger partial charge < -0.3 is 4.90 Å². The minimum absolute atomic E-state index is 0.0547. The van der Waals surface area contributed by atoms with Crippen molar-refractivity contribution < 1.29 is 9.18 Å². The van der Waals surface area contributed by atoms with Gasteiger partial charge in [-0.2, -0.15) is 0 Å². The van der Waals surface area contributed by atoms with Gasteiger partial charge in [0.25, 0.3) is 5.56 Å². The van der Waals surface area contributed by atoms with Crippen molar-refractivity contribution in [1.29, 1.82) is 0 Å². The van der Waals surface area contributed by atoms with E-state index < -0.39 is 5.56 Å². The van der Waals surface area contributed by atoms with Gasteiger partial charge in [-0.25, -0.2) is 14.1 Å². The number of fused-ring (bicyclic) bond motifs is 1. The zero-order chi connectivity index (χ0) is 20.4. The number of para-hydroxylation sites is 1. The Kier molecular flexibility index (Phi) is 4.86. The molecule has 0 radical (unpaired) electrons. The number of halogens is 1. The van der Waals surface area contributed by atoms with E-state index in [0.717, 1.165) is 5.69 Å². The van der Waals surface area contributed by atoms with E-state index in [1.165, 1.54) is 32.6 Å². The molecule has 0 saturated carbocycles. The predicted molar refractivity (Wildman–Crippen MR) is 105 cm³/mol. The van der Waals surface area contributed by atoms with E-state index in [4.69, 9.17) is 0 Å². The quantitative estimate of drug-likeness (QED) is 0.517. The van der Waals surface area contributed by atoms with E-state index in [1.807, 2.05) is 18.2 Å². The monoisotopic (exact) mass is 392 g/mol. The van der Waals surface area contributed by atoms with Gasteiger partial charge in [0.1, 0.15) is 18.7 Å². The van der Waals surface area contributed by atoms with Crippen LogP contribution < -0.4 is 10.5 Å².